The average Bonchev–Trinajstić information content (AvgIpc) is 4.00. The van der Waals surface area contributed by atoms with E-state index in [-0.39, 0.29) is 117 Å². The molecule has 0 aromatic carbocycles. The molecule has 85 heavy (non-hydrogen) atoms. The summed E-state index contributed by atoms with van der Waals surface area (Å²) in [5.74, 6) is -6.62. The summed E-state index contributed by atoms with van der Waals surface area (Å²) < 4.78 is 39.5. The Balaban J connectivity index is -0.000000164. The van der Waals surface area contributed by atoms with E-state index >= 15 is 0 Å². The Hall–Kier alpha value is -3.56. The number of carboxylic acid groups (broad SMARTS) is 2. The van der Waals surface area contributed by atoms with Crippen molar-refractivity contribution in [3.05, 3.63) is 0 Å². The first-order valence-electron chi connectivity index (χ1n) is 25.3. The van der Waals surface area contributed by atoms with Crippen LogP contribution in [0.4, 0.5) is 0 Å². The number of carboxylic acids is 2. The SMILES string of the molecule is CC(=O)CCC(=O)Cl.CC(=O)CCC(=O)O.CC(=O)NCC(=O)O.CC(=O)NCC(=O)ON1C(=O)CCC1=O.CCOC(=O)CC.CCOC(CCCCC1CO1)OCC.O=C1CCC(=O)N1O.O=C1CCC(=O)O1.O=S(Cl)Cl.[2H]C#C.[I][V]([I])[I]. The number of epoxide rings is 1. The van der Waals surface area contributed by atoms with Gasteiger partial charge in [0, 0.05) is 99.8 Å². The van der Waals surface area contributed by atoms with Crippen LogP contribution in [0.15, 0.2) is 0 Å². The summed E-state index contributed by atoms with van der Waals surface area (Å²) in [6, 6.07) is 0. The van der Waals surface area contributed by atoms with Crippen LogP contribution >= 0.6 is 92.9 Å². The Morgan fingerprint density at radius 1 is 0.706 bits per heavy atom. The first-order chi connectivity index (χ1) is 39.9. The number of carbonyl (C=O) groups excluding carboxylic acids is 13. The zero-order valence-corrected chi connectivity index (χ0v) is 58.9. The number of terminal acetylenes is 1. The van der Waals surface area contributed by atoms with Gasteiger partial charge < -0.3 is 59.0 Å². The molecule has 5 N–H and O–H groups in total. The molecule has 4 fully saturated rings. The molecule has 29 nitrogen and oxygen atoms in total. The summed E-state index contributed by atoms with van der Waals surface area (Å²) in [6.07, 6.45) is 12.9. The molecule has 0 bridgehead atoms. The maximum absolute atomic E-state index is 11.0. The van der Waals surface area contributed by atoms with Gasteiger partial charge in [-0.15, -0.1) is 17.9 Å². The number of esters is 3. The molecule has 0 saturated carbocycles. The molecular weight excluding hydrogens is 1600 g/mol. The summed E-state index contributed by atoms with van der Waals surface area (Å²) in [6.45, 7) is 15.2. The summed E-state index contributed by atoms with van der Waals surface area (Å²) in [4.78, 5) is 158. The van der Waals surface area contributed by atoms with Gasteiger partial charge in [-0.3, -0.25) is 62.7 Å². The number of hydrogen-bond acceptors (Lipinski definition) is 23. The molecule has 37 heteroatoms. The van der Waals surface area contributed by atoms with Crippen molar-refractivity contribution in [2.45, 2.75) is 164 Å². The zero-order valence-electron chi connectivity index (χ0n) is 48.9. The van der Waals surface area contributed by atoms with E-state index in [1.807, 2.05) is 13.8 Å². The van der Waals surface area contributed by atoms with E-state index in [1.54, 1.807) is 13.8 Å². The maximum atomic E-state index is 11.0. The molecule has 4 saturated heterocycles. The average molecular weight is 1680 g/mol. The Labute approximate surface area is 548 Å². The van der Waals surface area contributed by atoms with E-state index in [1.165, 1.54) is 53.4 Å². The quantitative estimate of drug-likeness (QED) is 0.00778. The molecule has 0 radical (unpaired) electrons. The van der Waals surface area contributed by atoms with Crippen LogP contribution in [-0.2, 0) is 115 Å². The number of ether oxygens (including phenoxy) is 5. The second kappa shape index (κ2) is 64.9. The van der Waals surface area contributed by atoms with Gasteiger partial charge >= 0.3 is 101 Å². The van der Waals surface area contributed by atoms with E-state index < -0.39 is 73.9 Å². The number of halogens is 6. The second-order valence-corrected chi connectivity index (χ2v) is 53.8. The Kier molecular flexibility index (Phi) is 70.7. The number of unbranched alkanes of at least 4 members (excludes halogenated alkanes) is 1. The third-order valence-corrected chi connectivity index (χ3v) is 8.43. The van der Waals surface area contributed by atoms with Gasteiger partial charge in [-0.05, 0) is 65.5 Å². The molecule has 1 atom stereocenters. The number of hydroxylamine groups is 4. The van der Waals surface area contributed by atoms with Crippen molar-refractivity contribution in [1.29, 1.82) is 0 Å². The van der Waals surface area contributed by atoms with Crippen LogP contribution < -0.4 is 10.6 Å². The number of amides is 6. The zero-order chi connectivity index (χ0) is 68.3. The van der Waals surface area contributed by atoms with Crippen LogP contribution in [0.5, 0.6) is 0 Å². The van der Waals surface area contributed by atoms with Crippen molar-refractivity contribution >= 4 is 190 Å². The van der Waals surface area contributed by atoms with Crippen LogP contribution in [-0.4, -0.2) is 170 Å². The molecule has 6 amide bonds. The standard InChI is InChI=1S/C11H22O3.C8H10N2O5.C5H7ClO2.C5H8O3.C5H10O2.C4H5NO3.C4H7NO3.C4H4O3.C2H2.Cl2OS.3HI.V/c1-3-12-11(13-4-2)8-6-5-7-10-9-14-10;1-5(11)9-4-8(14)15-10-6(12)2-3-7(10)13;1-4(7)2-3-5(6)8;1-4(6)2-3-5(7)8;1-3-5(6)7-4-2;6-3-1-2-4(7)5(3)8;1-3(6)5-2-4(7)8;5-3-1-2-4(6)7-3;1-2;1-4(2)3;;;;/h10-11H,3-9H2,1-2H3;2-4H2,1H3,(H,9,11);2-3H2,1H3;2-3H2,1H3,(H,7,8);3-4H2,1-2H3;8H,1-2H2;2H2,1H3,(H,5,6)(H,7,8);1-2H2;1-2H;;3*1H;/q;;;;;;;;;;;;;+3/p-3/i;;;;;;;;1D;;;;;. The van der Waals surface area contributed by atoms with Gasteiger partial charge in [-0.25, -0.2) is 9.00 Å². The Morgan fingerprint density at radius 3 is 1.34 bits per heavy atom. The molecule has 0 aromatic rings. The van der Waals surface area contributed by atoms with Crippen LogP contribution in [0.25, 0.3) is 0 Å². The minimum atomic E-state index is -1.67. The van der Waals surface area contributed by atoms with Crippen LogP contribution in [0.2, 0.25) is 0 Å². The van der Waals surface area contributed by atoms with E-state index in [0.717, 1.165) is 26.2 Å². The summed E-state index contributed by atoms with van der Waals surface area (Å²) in [5.41, 5.74) is 0. The van der Waals surface area contributed by atoms with Crippen molar-refractivity contribution in [3.63, 3.8) is 0 Å². The molecule has 0 aliphatic carbocycles. The van der Waals surface area contributed by atoms with Crippen molar-refractivity contribution in [2.75, 3.05) is 39.5 Å². The molecule has 4 heterocycles. The fourth-order valence-electron chi connectivity index (χ4n) is 4.51. The number of Topliss-reactive ketones (excluding diaryl/α,β-unsaturated/α-hetero) is 2. The first kappa shape index (κ1) is 92.6. The predicted molar refractivity (Wildman–Crippen MR) is 328 cm³/mol. The van der Waals surface area contributed by atoms with Crippen LogP contribution in [0.3, 0.4) is 0 Å². The van der Waals surface area contributed by atoms with Gasteiger partial charge in [0.1, 0.15) is 26.0 Å². The molecular formula is C48H75Cl3I3N4O25SV. The molecule has 0 aromatic heterocycles. The van der Waals surface area contributed by atoms with Crippen molar-refractivity contribution in [3.8, 4) is 12.8 Å². The number of carbonyl (C=O) groups is 15. The van der Waals surface area contributed by atoms with Crippen molar-refractivity contribution < 1.29 is 126 Å². The van der Waals surface area contributed by atoms with Gasteiger partial charge in [0.25, 0.3) is 23.6 Å². The number of ketones is 2. The normalized spacial score (nSPS) is 13.7. The number of hydrogen-bond donors (Lipinski definition) is 5. The number of rotatable bonds is 22. The minimum absolute atomic E-state index is 0.000926. The van der Waals surface area contributed by atoms with Gasteiger partial charge in [-0.2, -0.15) is 5.06 Å². The first-order valence-corrected chi connectivity index (χ1v) is 41.5. The summed E-state index contributed by atoms with van der Waals surface area (Å²) in [5, 5.41) is 28.8. The van der Waals surface area contributed by atoms with Crippen molar-refractivity contribution in [1.82, 2.24) is 20.8 Å². The number of aliphatic carboxylic acids is 2. The number of cyclic esters (lactones) is 2. The summed E-state index contributed by atoms with van der Waals surface area (Å²) in [7, 11) is 7.36. The predicted octanol–water partition coefficient (Wildman–Crippen LogP) is 6.12. The number of imide groups is 2. The van der Waals surface area contributed by atoms with Crippen molar-refractivity contribution in [2.24, 2.45) is 0 Å². The second-order valence-electron chi connectivity index (χ2n) is 15.5. The topological polar surface area (TPSA) is 423 Å². The van der Waals surface area contributed by atoms with Gasteiger partial charge in [0.2, 0.25) is 26.3 Å². The molecule has 1 unspecified atom stereocenters. The molecule has 0 spiro atoms. The third-order valence-electron chi connectivity index (χ3n) is 8.24. The summed E-state index contributed by atoms with van der Waals surface area (Å²) >= 11 is 12.3. The molecule has 490 valence electrons. The van der Waals surface area contributed by atoms with E-state index in [0.29, 0.717) is 24.2 Å². The van der Waals surface area contributed by atoms with E-state index in [9.17, 15) is 71.9 Å². The number of nitrogens with one attached hydrogen (secondary N) is 2. The number of nitrogens with zero attached hydrogens (tertiary/aromatic N) is 2. The Morgan fingerprint density at radius 2 is 1.11 bits per heavy atom. The van der Waals surface area contributed by atoms with Gasteiger partial charge in [0.05, 0.1) is 38.6 Å². The van der Waals surface area contributed by atoms with Crippen LogP contribution in [0, 0.1) is 12.8 Å². The van der Waals surface area contributed by atoms with E-state index in [2.05, 4.69) is 113 Å². The van der Waals surface area contributed by atoms with Crippen LogP contribution in [0.1, 0.15) is 153 Å². The Bertz CT molecular complexity index is 2000. The van der Waals surface area contributed by atoms with E-state index in [4.69, 9.17) is 46.8 Å². The molecule has 4 aliphatic heterocycles. The third kappa shape index (κ3) is 84.7. The fraction of sp³-hybridized carbons (Fsp3) is 0.646. The molecule has 4 aliphatic rings. The monoisotopic (exact) mass is 1680 g/mol. The van der Waals surface area contributed by atoms with Gasteiger partial charge in [-0.1, -0.05) is 13.3 Å². The fourth-order valence-corrected chi connectivity index (χ4v) is 4.61. The van der Waals surface area contributed by atoms with Gasteiger partial charge in [0.15, 0.2) is 6.29 Å². The molecule has 4 rings (SSSR count).